The van der Waals surface area contributed by atoms with Crippen molar-refractivity contribution in [1.82, 2.24) is 4.90 Å². The van der Waals surface area contributed by atoms with Crippen LogP contribution in [0, 0.1) is 18.3 Å². The zero-order chi connectivity index (χ0) is 32.8. The molecule has 47 heavy (non-hydrogen) atoms. The number of nitrogens with zero attached hydrogens (tertiary/aromatic N) is 3. The van der Waals surface area contributed by atoms with Gasteiger partial charge in [0.2, 0.25) is 0 Å². The van der Waals surface area contributed by atoms with Gasteiger partial charge in [-0.25, -0.2) is 4.90 Å². The van der Waals surface area contributed by atoms with Crippen molar-refractivity contribution in [3.8, 4) is 40.6 Å². The first-order valence-electron chi connectivity index (χ1n) is 14.4. The number of ether oxygens (including phenoxy) is 3. The van der Waals surface area contributed by atoms with Crippen molar-refractivity contribution in [3.05, 3.63) is 137 Å². The van der Waals surface area contributed by atoms with E-state index in [1.807, 2.05) is 31.2 Å². The van der Waals surface area contributed by atoms with Crippen molar-refractivity contribution in [2.24, 2.45) is 0 Å². The molecule has 0 atom stereocenters. The first kappa shape index (κ1) is 29.0. The molecule has 4 amide bonds. The zero-order valence-corrected chi connectivity index (χ0v) is 25.0. The maximum Gasteiger partial charge on any atom is 0.266 e. The monoisotopic (exact) mass is 621 g/mol. The molecule has 228 valence electrons. The van der Waals surface area contributed by atoms with Crippen LogP contribution >= 0.6 is 0 Å². The highest BCUT2D eigenvalue weighted by molar-refractivity contribution is 6.34. The summed E-state index contributed by atoms with van der Waals surface area (Å²) in [5, 5.41) is 9.58. The minimum Gasteiger partial charge on any atom is -0.457 e. The molecule has 5 aromatic rings. The van der Waals surface area contributed by atoms with E-state index in [0.717, 1.165) is 15.4 Å². The Morgan fingerprint density at radius 3 is 1.68 bits per heavy atom. The second kappa shape index (κ2) is 11.3. The molecule has 0 aliphatic carbocycles. The molecule has 0 saturated carbocycles. The van der Waals surface area contributed by atoms with E-state index in [1.165, 1.54) is 31.3 Å². The van der Waals surface area contributed by atoms with E-state index in [1.54, 1.807) is 54.6 Å². The fraction of sp³-hybridized carbons (Fsp3) is 0.0541. The number of rotatable bonds is 7. The van der Waals surface area contributed by atoms with E-state index in [-0.39, 0.29) is 39.6 Å². The predicted octanol–water partition coefficient (Wildman–Crippen LogP) is 7.27. The van der Waals surface area contributed by atoms with Crippen molar-refractivity contribution in [2.75, 3.05) is 11.9 Å². The highest BCUT2D eigenvalue weighted by Crippen LogP contribution is 2.36. The summed E-state index contributed by atoms with van der Waals surface area (Å²) in [6, 6.07) is 30.0. The third-order valence-electron chi connectivity index (χ3n) is 7.70. The Labute approximate surface area is 268 Å². The fourth-order valence-electron chi connectivity index (χ4n) is 5.45. The molecular formula is C37H23N3O7. The number of hydrogen-bond acceptors (Lipinski definition) is 8. The molecule has 0 radical (unpaired) electrons. The van der Waals surface area contributed by atoms with Gasteiger partial charge in [0.05, 0.1) is 39.6 Å². The van der Waals surface area contributed by atoms with E-state index < -0.39 is 17.7 Å². The summed E-state index contributed by atoms with van der Waals surface area (Å²) in [5.74, 6) is 0.364. The molecule has 2 heterocycles. The number of hydrogen-bond donors (Lipinski definition) is 0. The standard InChI is InChI=1S/C37H23N3O7/c1-21-5-3-7-24(13-21)46-28-14-22(20-38)15-29(17-28)47-25-8-4-6-23(16-25)40-36(43)31-12-10-27(19-33(31)37(40)44)45-26-9-11-30-32(18-26)35(42)39(2)34(30)41/h3-19H,1-2H3. The summed E-state index contributed by atoms with van der Waals surface area (Å²) < 4.78 is 17.9. The smallest absolute Gasteiger partial charge is 0.266 e. The number of aryl methyl sites for hydroxylation is 1. The summed E-state index contributed by atoms with van der Waals surface area (Å²) in [6.45, 7) is 1.95. The van der Waals surface area contributed by atoms with E-state index in [2.05, 4.69) is 6.07 Å². The molecule has 0 spiro atoms. The molecule has 0 fully saturated rings. The minimum absolute atomic E-state index is 0.144. The molecule has 0 unspecified atom stereocenters. The van der Waals surface area contributed by atoms with Gasteiger partial charge in [-0.15, -0.1) is 0 Å². The minimum atomic E-state index is -0.552. The number of carbonyl (C=O) groups excluding carboxylic acids is 4. The number of anilines is 1. The van der Waals surface area contributed by atoms with Gasteiger partial charge < -0.3 is 14.2 Å². The van der Waals surface area contributed by atoms with Crippen LogP contribution in [-0.4, -0.2) is 35.6 Å². The molecule has 0 aromatic heterocycles. The average Bonchev–Trinajstić information content (AvgIpc) is 3.43. The lowest BCUT2D eigenvalue weighted by Crippen LogP contribution is -2.29. The topological polar surface area (TPSA) is 126 Å². The van der Waals surface area contributed by atoms with Crippen LogP contribution in [0.25, 0.3) is 0 Å². The Bertz CT molecular complexity index is 2220. The normalized spacial score (nSPS) is 13.4. The third-order valence-corrected chi connectivity index (χ3v) is 7.70. The van der Waals surface area contributed by atoms with E-state index in [4.69, 9.17) is 14.2 Å². The van der Waals surface area contributed by atoms with Gasteiger partial charge in [0.15, 0.2) is 0 Å². The number of fused-ring (bicyclic) bond motifs is 2. The van der Waals surface area contributed by atoms with Gasteiger partial charge in [-0.2, -0.15) is 5.26 Å². The lowest BCUT2D eigenvalue weighted by molar-refractivity contribution is 0.0692. The highest BCUT2D eigenvalue weighted by atomic mass is 16.5. The van der Waals surface area contributed by atoms with Crippen LogP contribution in [0.3, 0.4) is 0 Å². The van der Waals surface area contributed by atoms with Crippen LogP contribution in [0.4, 0.5) is 5.69 Å². The number of benzene rings is 5. The Morgan fingerprint density at radius 2 is 1.04 bits per heavy atom. The van der Waals surface area contributed by atoms with Gasteiger partial charge in [-0.1, -0.05) is 18.2 Å². The molecule has 0 saturated heterocycles. The van der Waals surface area contributed by atoms with Crippen LogP contribution in [0.2, 0.25) is 0 Å². The Kier molecular flexibility index (Phi) is 6.99. The fourth-order valence-corrected chi connectivity index (χ4v) is 5.45. The van der Waals surface area contributed by atoms with Gasteiger partial charge >= 0.3 is 0 Å². The second-order valence-electron chi connectivity index (χ2n) is 11.0. The molecule has 10 heteroatoms. The van der Waals surface area contributed by atoms with E-state index >= 15 is 0 Å². The zero-order valence-electron chi connectivity index (χ0n) is 25.0. The molecule has 2 aliphatic rings. The van der Waals surface area contributed by atoms with Crippen molar-refractivity contribution in [1.29, 1.82) is 5.26 Å². The summed E-state index contributed by atoms with van der Waals surface area (Å²) in [6.07, 6.45) is 0. The van der Waals surface area contributed by atoms with Crippen molar-refractivity contribution < 1.29 is 33.4 Å². The molecule has 2 aliphatic heterocycles. The number of carbonyl (C=O) groups is 4. The molecule has 5 aromatic carbocycles. The van der Waals surface area contributed by atoms with Crippen LogP contribution in [0.5, 0.6) is 34.5 Å². The van der Waals surface area contributed by atoms with Gasteiger partial charge in [-0.3, -0.25) is 24.1 Å². The maximum atomic E-state index is 13.5. The summed E-state index contributed by atoms with van der Waals surface area (Å²) >= 11 is 0. The average molecular weight is 622 g/mol. The SMILES string of the molecule is Cc1cccc(Oc2cc(C#N)cc(Oc3cccc(N4C(=O)c5ccc(Oc6ccc7c(c6)C(=O)N(C)C7=O)cc5C4=O)c3)c2)c1. The van der Waals surface area contributed by atoms with Gasteiger partial charge in [0, 0.05) is 19.2 Å². The molecule has 0 bridgehead atoms. The maximum absolute atomic E-state index is 13.5. The summed E-state index contributed by atoms with van der Waals surface area (Å²) in [5.41, 5.74) is 2.49. The van der Waals surface area contributed by atoms with E-state index in [0.29, 0.717) is 34.3 Å². The number of imide groups is 2. The summed E-state index contributed by atoms with van der Waals surface area (Å²) in [4.78, 5) is 53.6. The predicted molar refractivity (Wildman–Crippen MR) is 169 cm³/mol. The third kappa shape index (κ3) is 5.32. The molecule has 0 N–H and O–H groups in total. The van der Waals surface area contributed by atoms with Crippen molar-refractivity contribution in [3.63, 3.8) is 0 Å². The number of amides is 4. The van der Waals surface area contributed by atoms with Crippen molar-refractivity contribution in [2.45, 2.75) is 6.92 Å². The highest BCUT2D eigenvalue weighted by Gasteiger charge is 2.37. The molecule has 7 rings (SSSR count). The lowest BCUT2D eigenvalue weighted by Gasteiger charge is -2.15. The molecule has 10 nitrogen and oxygen atoms in total. The van der Waals surface area contributed by atoms with Crippen LogP contribution in [0.15, 0.2) is 103 Å². The largest absolute Gasteiger partial charge is 0.457 e. The van der Waals surface area contributed by atoms with Gasteiger partial charge in [0.1, 0.15) is 34.5 Å². The Morgan fingerprint density at radius 1 is 0.532 bits per heavy atom. The van der Waals surface area contributed by atoms with E-state index in [9.17, 15) is 24.4 Å². The lowest BCUT2D eigenvalue weighted by atomic mass is 10.1. The van der Waals surface area contributed by atoms with Crippen LogP contribution < -0.4 is 19.1 Å². The van der Waals surface area contributed by atoms with Crippen LogP contribution in [0.1, 0.15) is 52.6 Å². The summed E-state index contributed by atoms with van der Waals surface area (Å²) in [7, 11) is 1.41. The first-order chi connectivity index (χ1) is 22.7. The van der Waals surface area contributed by atoms with Crippen LogP contribution in [-0.2, 0) is 0 Å². The quantitative estimate of drug-likeness (QED) is 0.174. The number of nitriles is 1. The Hall–Kier alpha value is -6.73. The second-order valence-corrected chi connectivity index (χ2v) is 11.0. The van der Waals surface area contributed by atoms with Gasteiger partial charge in [-0.05, 0) is 85.3 Å². The van der Waals surface area contributed by atoms with Crippen molar-refractivity contribution >= 4 is 29.3 Å². The molecular weight excluding hydrogens is 598 g/mol. The Balaban J connectivity index is 1.11. The first-order valence-corrected chi connectivity index (χ1v) is 14.4. The van der Waals surface area contributed by atoms with Gasteiger partial charge in [0.25, 0.3) is 23.6 Å².